The number of carbonyl (C=O) groups excluding carboxylic acids is 2. The van der Waals surface area contributed by atoms with Crippen molar-refractivity contribution in [3.8, 4) is 0 Å². The summed E-state index contributed by atoms with van der Waals surface area (Å²) in [6, 6.07) is 0. The Bertz CT molecular complexity index is 501. The molecule has 0 aliphatic heterocycles. The van der Waals surface area contributed by atoms with Crippen LogP contribution in [0, 0.1) is 11.8 Å². The van der Waals surface area contributed by atoms with Gasteiger partial charge in [0.05, 0.1) is 0 Å². The summed E-state index contributed by atoms with van der Waals surface area (Å²) >= 11 is 0. The first-order valence-corrected chi connectivity index (χ1v) is 11.3. The van der Waals surface area contributed by atoms with Gasteiger partial charge in [0.15, 0.2) is 0 Å². The van der Waals surface area contributed by atoms with Gasteiger partial charge in [0.2, 0.25) is 11.8 Å². The van der Waals surface area contributed by atoms with E-state index in [9.17, 15) is 9.59 Å². The number of nitrogens with one attached hydrogen (secondary N) is 2. The SMILES string of the molecule is CCC1CCC(=NNC(=O)CCCCC(=O)NN=C2CCC(CC)CC2)CC1. The van der Waals surface area contributed by atoms with E-state index in [-0.39, 0.29) is 11.8 Å². The Labute approximate surface area is 170 Å². The molecule has 2 fully saturated rings. The summed E-state index contributed by atoms with van der Waals surface area (Å²) in [4.78, 5) is 23.8. The second-order valence-electron chi connectivity index (χ2n) is 8.34. The maximum Gasteiger partial charge on any atom is 0.240 e. The molecule has 2 saturated carbocycles. The fourth-order valence-electron chi connectivity index (χ4n) is 4.03. The van der Waals surface area contributed by atoms with Crippen LogP contribution in [-0.4, -0.2) is 23.2 Å². The van der Waals surface area contributed by atoms with E-state index >= 15 is 0 Å². The van der Waals surface area contributed by atoms with Crippen LogP contribution in [0.4, 0.5) is 0 Å². The first-order chi connectivity index (χ1) is 13.6. The Morgan fingerprint density at radius 2 is 1.11 bits per heavy atom. The van der Waals surface area contributed by atoms with Crippen molar-refractivity contribution in [2.24, 2.45) is 22.0 Å². The number of nitrogens with zero attached hydrogens (tertiary/aromatic N) is 2. The Hall–Kier alpha value is -1.72. The molecule has 0 bridgehead atoms. The number of rotatable bonds is 9. The lowest BCUT2D eigenvalue weighted by atomic mass is 9.86. The van der Waals surface area contributed by atoms with Crippen LogP contribution in [0.3, 0.4) is 0 Å². The Morgan fingerprint density at radius 3 is 1.43 bits per heavy atom. The fraction of sp³-hybridized carbons (Fsp3) is 0.818. The van der Waals surface area contributed by atoms with Gasteiger partial charge in [-0.1, -0.05) is 26.7 Å². The van der Waals surface area contributed by atoms with Crippen LogP contribution in [0.5, 0.6) is 0 Å². The summed E-state index contributed by atoms with van der Waals surface area (Å²) in [5.74, 6) is 1.52. The standard InChI is InChI=1S/C22H38N4O2/c1-3-17-9-13-19(14-10-17)23-25-21(27)7-5-6-8-22(28)26-24-20-15-11-18(4-2)12-16-20/h17-18H,3-16H2,1-2H3,(H,25,27)(H,26,28). The van der Waals surface area contributed by atoms with E-state index in [1.807, 2.05) is 0 Å². The summed E-state index contributed by atoms with van der Waals surface area (Å²) in [5.41, 5.74) is 7.58. The molecule has 6 nitrogen and oxygen atoms in total. The van der Waals surface area contributed by atoms with E-state index in [1.54, 1.807) is 0 Å². The first-order valence-electron chi connectivity index (χ1n) is 11.3. The van der Waals surface area contributed by atoms with Crippen LogP contribution in [0.2, 0.25) is 0 Å². The molecule has 2 amide bonds. The average molecular weight is 391 g/mol. The highest BCUT2D eigenvalue weighted by atomic mass is 16.2. The molecule has 0 unspecified atom stereocenters. The van der Waals surface area contributed by atoms with Crippen LogP contribution in [0.25, 0.3) is 0 Å². The van der Waals surface area contributed by atoms with Crippen molar-refractivity contribution in [3.63, 3.8) is 0 Å². The van der Waals surface area contributed by atoms with Crippen LogP contribution in [0.1, 0.15) is 104 Å². The minimum Gasteiger partial charge on any atom is -0.273 e. The van der Waals surface area contributed by atoms with Crippen molar-refractivity contribution in [1.29, 1.82) is 0 Å². The number of hydrazone groups is 2. The van der Waals surface area contributed by atoms with E-state index < -0.39 is 0 Å². The minimum absolute atomic E-state index is 0.0570. The summed E-state index contributed by atoms with van der Waals surface area (Å²) < 4.78 is 0. The second kappa shape index (κ2) is 12.7. The molecular weight excluding hydrogens is 352 g/mol. The monoisotopic (exact) mass is 390 g/mol. The quantitative estimate of drug-likeness (QED) is 0.442. The van der Waals surface area contributed by atoms with Crippen molar-refractivity contribution in [3.05, 3.63) is 0 Å². The molecule has 2 N–H and O–H groups in total. The highest BCUT2D eigenvalue weighted by Crippen LogP contribution is 2.25. The van der Waals surface area contributed by atoms with Gasteiger partial charge in [-0.05, 0) is 76.0 Å². The number of unbranched alkanes of at least 4 members (excludes halogenated alkanes) is 1. The van der Waals surface area contributed by atoms with E-state index in [0.717, 1.165) is 48.9 Å². The molecule has 0 aromatic carbocycles. The Morgan fingerprint density at radius 1 is 0.750 bits per heavy atom. The lowest BCUT2D eigenvalue weighted by Gasteiger charge is -2.21. The molecule has 0 atom stereocenters. The zero-order valence-electron chi connectivity index (χ0n) is 17.8. The predicted octanol–water partition coefficient (Wildman–Crippen LogP) is 4.69. The molecule has 2 rings (SSSR count). The molecule has 2 aliphatic carbocycles. The van der Waals surface area contributed by atoms with E-state index in [0.29, 0.717) is 25.7 Å². The zero-order chi connectivity index (χ0) is 20.2. The lowest BCUT2D eigenvalue weighted by molar-refractivity contribution is -0.123. The zero-order valence-corrected chi connectivity index (χ0v) is 17.8. The van der Waals surface area contributed by atoms with Crippen LogP contribution in [-0.2, 0) is 9.59 Å². The highest BCUT2D eigenvalue weighted by molar-refractivity contribution is 5.87. The molecule has 0 heterocycles. The maximum atomic E-state index is 11.9. The summed E-state index contributed by atoms with van der Waals surface area (Å²) in [7, 11) is 0. The van der Waals surface area contributed by atoms with Crippen molar-refractivity contribution in [2.45, 2.75) is 104 Å². The van der Waals surface area contributed by atoms with Crippen LogP contribution >= 0.6 is 0 Å². The van der Waals surface area contributed by atoms with Gasteiger partial charge < -0.3 is 0 Å². The molecular formula is C22H38N4O2. The molecule has 158 valence electrons. The third-order valence-electron chi connectivity index (χ3n) is 6.25. The van der Waals surface area contributed by atoms with Gasteiger partial charge in [0.25, 0.3) is 0 Å². The summed E-state index contributed by atoms with van der Waals surface area (Å²) in [6.45, 7) is 4.47. The Balaban J connectivity index is 1.52. The molecule has 28 heavy (non-hydrogen) atoms. The van der Waals surface area contributed by atoms with Crippen molar-refractivity contribution >= 4 is 23.2 Å². The highest BCUT2D eigenvalue weighted by Gasteiger charge is 2.17. The number of carbonyl (C=O) groups is 2. The second-order valence-corrected chi connectivity index (χ2v) is 8.34. The van der Waals surface area contributed by atoms with Crippen molar-refractivity contribution in [2.75, 3.05) is 0 Å². The Kier molecular flexibility index (Phi) is 10.2. The van der Waals surface area contributed by atoms with Gasteiger partial charge in [-0.25, -0.2) is 10.9 Å². The number of hydrogen-bond acceptors (Lipinski definition) is 4. The molecule has 2 aliphatic rings. The molecule has 6 heteroatoms. The normalized spacial score (nSPS) is 22.5. The smallest absolute Gasteiger partial charge is 0.240 e. The third kappa shape index (κ3) is 8.53. The van der Waals surface area contributed by atoms with Gasteiger partial charge in [0, 0.05) is 24.3 Å². The van der Waals surface area contributed by atoms with Gasteiger partial charge in [0.1, 0.15) is 0 Å². The molecule has 0 spiro atoms. The van der Waals surface area contributed by atoms with Crippen molar-refractivity contribution in [1.82, 2.24) is 10.9 Å². The first kappa shape index (κ1) is 22.6. The van der Waals surface area contributed by atoms with Gasteiger partial charge in [-0.2, -0.15) is 10.2 Å². The number of hydrogen-bond donors (Lipinski definition) is 2. The minimum atomic E-state index is -0.0570. The van der Waals surface area contributed by atoms with E-state index in [2.05, 4.69) is 34.9 Å². The van der Waals surface area contributed by atoms with Gasteiger partial charge in [-0.3, -0.25) is 9.59 Å². The molecule has 0 radical (unpaired) electrons. The van der Waals surface area contributed by atoms with Crippen LogP contribution in [0.15, 0.2) is 10.2 Å². The number of amides is 2. The third-order valence-corrected chi connectivity index (χ3v) is 6.25. The van der Waals surface area contributed by atoms with Crippen molar-refractivity contribution < 1.29 is 9.59 Å². The fourth-order valence-corrected chi connectivity index (χ4v) is 4.03. The molecule has 0 saturated heterocycles. The molecule has 0 aromatic heterocycles. The average Bonchev–Trinajstić information content (AvgIpc) is 2.74. The van der Waals surface area contributed by atoms with Gasteiger partial charge >= 0.3 is 0 Å². The van der Waals surface area contributed by atoms with E-state index in [1.165, 1.54) is 38.5 Å². The molecule has 0 aromatic rings. The van der Waals surface area contributed by atoms with E-state index in [4.69, 9.17) is 0 Å². The topological polar surface area (TPSA) is 82.9 Å². The predicted molar refractivity (Wildman–Crippen MR) is 114 cm³/mol. The summed E-state index contributed by atoms with van der Waals surface area (Å²) in [6.07, 6.45) is 13.4. The summed E-state index contributed by atoms with van der Waals surface area (Å²) in [5, 5.41) is 8.56. The maximum absolute atomic E-state index is 11.9. The lowest BCUT2D eigenvalue weighted by Crippen LogP contribution is -2.23. The van der Waals surface area contributed by atoms with Crippen LogP contribution < -0.4 is 10.9 Å². The van der Waals surface area contributed by atoms with Gasteiger partial charge in [-0.15, -0.1) is 0 Å². The largest absolute Gasteiger partial charge is 0.273 e.